The molecule has 0 saturated heterocycles. The van der Waals surface area contributed by atoms with Crippen LogP contribution in [0.5, 0.6) is 0 Å². The molecule has 0 bridgehead atoms. The Balaban J connectivity index is 2.25. The molecule has 2 aromatic rings. The number of nitrogens with two attached hydrogens (primary N) is 1. The van der Waals surface area contributed by atoms with Crippen LogP contribution in [0.4, 0.5) is 11.6 Å². The van der Waals surface area contributed by atoms with Crippen LogP contribution >= 0.6 is 15.9 Å². The molecule has 7 heteroatoms. The van der Waals surface area contributed by atoms with Gasteiger partial charge in [0.25, 0.3) is 5.91 Å². The lowest BCUT2D eigenvalue weighted by molar-refractivity contribution is 0.102. The zero-order chi connectivity index (χ0) is 14.7. The third-order valence-corrected chi connectivity index (χ3v) is 2.97. The first kappa shape index (κ1) is 14.4. The number of hydrogen-bond donors (Lipinski definition) is 3. The number of nitrogens with one attached hydrogen (secondary N) is 2. The van der Waals surface area contributed by atoms with Crippen LogP contribution in [0.25, 0.3) is 0 Å². The molecule has 1 aromatic carbocycles. The van der Waals surface area contributed by atoms with Crippen LogP contribution in [0.3, 0.4) is 0 Å². The molecular formula is C13H14BrN5O. The summed E-state index contributed by atoms with van der Waals surface area (Å²) in [6.45, 7) is 3.72. The van der Waals surface area contributed by atoms with Crippen molar-refractivity contribution in [2.24, 2.45) is 5.84 Å². The SMILES string of the molecule is Cc1cc(Br)cc(NC(=O)c2cc(C)nc(NN)n2)c1. The molecule has 20 heavy (non-hydrogen) atoms. The van der Waals surface area contributed by atoms with Gasteiger partial charge in [-0.05, 0) is 43.7 Å². The minimum atomic E-state index is -0.315. The number of benzene rings is 1. The highest BCUT2D eigenvalue weighted by Crippen LogP contribution is 2.19. The lowest BCUT2D eigenvalue weighted by Crippen LogP contribution is -2.18. The van der Waals surface area contributed by atoms with E-state index in [0.29, 0.717) is 11.4 Å². The maximum atomic E-state index is 12.2. The summed E-state index contributed by atoms with van der Waals surface area (Å²) < 4.78 is 0.899. The molecule has 0 atom stereocenters. The maximum absolute atomic E-state index is 12.2. The van der Waals surface area contributed by atoms with Crippen molar-refractivity contribution in [3.05, 3.63) is 45.7 Å². The van der Waals surface area contributed by atoms with E-state index in [1.54, 1.807) is 13.0 Å². The van der Waals surface area contributed by atoms with Gasteiger partial charge in [-0.3, -0.25) is 10.2 Å². The number of amides is 1. The second-order valence-electron chi connectivity index (χ2n) is 4.33. The Morgan fingerprint density at radius 2 is 1.95 bits per heavy atom. The number of carbonyl (C=O) groups excluding carboxylic acids is 1. The second-order valence-corrected chi connectivity index (χ2v) is 5.25. The molecule has 0 spiro atoms. The number of nitrogens with zero attached hydrogens (tertiary/aromatic N) is 2. The van der Waals surface area contributed by atoms with Crippen LogP contribution in [0.15, 0.2) is 28.7 Å². The van der Waals surface area contributed by atoms with Gasteiger partial charge in [-0.25, -0.2) is 15.8 Å². The summed E-state index contributed by atoms with van der Waals surface area (Å²) in [5.41, 5.74) is 4.98. The van der Waals surface area contributed by atoms with Gasteiger partial charge in [0.1, 0.15) is 5.69 Å². The van der Waals surface area contributed by atoms with Crippen molar-refractivity contribution < 1.29 is 4.79 Å². The summed E-state index contributed by atoms with van der Waals surface area (Å²) in [6.07, 6.45) is 0. The van der Waals surface area contributed by atoms with Gasteiger partial charge in [-0.2, -0.15) is 0 Å². The van der Waals surface area contributed by atoms with Crippen molar-refractivity contribution in [1.29, 1.82) is 0 Å². The molecule has 104 valence electrons. The largest absolute Gasteiger partial charge is 0.321 e. The number of aromatic nitrogens is 2. The first-order valence-corrected chi connectivity index (χ1v) is 6.68. The molecule has 0 unspecified atom stereocenters. The third kappa shape index (κ3) is 3.52. The Kier molecular flexibility index (Phi) is 4.31. The van der Waals surface area contributed by atoms with E-state index < -0.39 is 0 Å². The summed E-state index contributed by atoms with van der Waals surface area (Å²) in [5, 5.41) is 2.79. The Hall–Kier alpha value is -1.99. The van der Waals surface area contributed by atoms with E-state index in [-0.39, 0.29) is 17.5 Å². The highest BCUT2D eigenvalue weighted by Gasteiger charge is 2.11. The number of aryl methyl sites for hydroxylation is 2. The molecule has 1 amide bonds. The lowest BCUT2D eigenvalue weighted by atomic mass is 10.2. The van der Waals surface area contributed by atoms with Crippen LogP contribution in [-0.4, -0.2) is 15.9 Å². The van der Waals surface area contributed by atoms with Crippen LogP contribution < -0.4 is 16.6 Å². The Morgan fingerprint density at radius 1 is 1.20 bits per heavy atom. The smallest absolute Gasteiger partial charge is 0.274 e. The van der Waals surface area contributed by atoms with Crippen LogP contribution in [-0.2, 0) is 0 Å². The van der Waals surface area contributed by atoms with Crippen molar-refractivity contribution in [2.45, 2.75) is 13.8 Å². The zero-order valence-corrected chi connectivity index (χ0v) is 12.7. The van der Waals surface area contributed by atoms with Gasteiger partial charge in [0.05, 0.1) is 0 Å². The van der Waals surface area contributed by atoms with Gasteiger partial charge >= 0.3 is 0 Å². The molecule has 4 N–H and O–H groups in total. The summed E-state index contributed by atoms with van der Waals surface area (Å²) >= 11 is 3.39. The molecule has 0 aliphatic rings. The molecule has 6 nitrogen and oxygen atoms in total. The molecule has 0 aliphatic heterocycles. The molecule has 1 aromatic heterocycles. The standard InChI is InChI=1S/C13H14BrN5O/c1-7-3-9(14)6-10(4-7)17-12(20)11-5-8(2)16-13(18-11)19-15/h3-6H,15H2,1-2H3,(H,17,20)(H,16,18,19). The first-order valence-electron chi connectivity index (χ1n) is 5.89. The minimum Gasteiger partial charge on any atom is -0.321 e. The first-order chi connectivity index (χ1) is 9.47. The lowest BCUT2D eigenvalue weighted by Gasteiger charge is -2.08. The predicted molar refractivity (Wildman–Crippen MR) is 81.4 cm³/mol. The van der Waals surface area contributed by atoms with Crippen LogP contribution in [0.2, 0.25) is 0 Å². The summed E-state index contributed by atoms with van der Waals surface area (Å²) in [7, 11) is 0. The van der Waals surface area contributed by atoms with Crippen molar-refractivity contribution in [3.8, 4) is 0 Å². The van der Waals surface area contributed by atoms with E-state index >= 15 is 0 Å². The maximum Gasteiger partial charge on any atom is 0.274 e. The van der Waals surface area contributed by atoms with Crippen molar-refractivity contribution in [1.82, 2.24) is 9.97 Å². The van der Waals surface area contributed by atoms with E-state index in [9.17, 15) is 4.79 Å². The van der Waals surface area contributed by atoms with Gasteiger partial charge in [-0.15, -0.1) is 0 Å². The third-order valence-electron chi connectivity index (χ3n) is 2.52. The zero-order valence-electron chi connectivity index (χ0n) is 11.1. The highest BCUT2D eigenvalue weighted by molar-refractivity contribution is 9.10. The summed E-state index contributed by atoms with van der Waals surface area (Å²) in [5.74, 6) is 5.16. The fourth-order valence-electron chi connectivity index (χ4n) is 1.75. The molecular weight excluding hydrogens is 322 g/mol. The van der Waals surface area contributed by atoms with E-state index in [2.05, 4.69) is 36.6 Å². The van der Waals surface area contributed by atoms with E-state index in [1.165, 1.54) is 0 Å². The van der Waals surface area contributed by atoms with E-state index in [0.717, 1.165) is 10.0 Å². The van der Waals surface area contributed by atoms with Crippen LogP contribution in [0, 0.1) is 13.8 Å². The minimum absolute atomic E-state index is 0.209. The average Bonchev–Trinajstić information content (AvgIpc) is 2.36. The Morgan fingerprint density at radius 3 is 2.60 bits per heavy atom. The number of rotatable bonds is 3. The average molecular weight is 336 g/mol. The molecule has 0 aliphatic carbocycles. The van der Waals surface area contributed by atoms with Crippen molar-refractivity contribution in [2.75, 3.05) is 10.7 Å². The monoisotopic (exact) mass is 335 g/mol. The number of hydrazine groups is 1. The second kappa shape index (κ2) is 5.98. The fraction of sp³-hybridized carbons (Fsp3) is 0.154. The van der Waals surface area contributed by atoms with E-state index in [4.69, 9.17) is 5.84 Å². The number of halogens is 1. The van der Waals surface area contributed by atoms with E-state index in [1.807, 2.05) is 25.1 Å². The molecule has 0 radical (unpaired) electrons. The van der Waals surface area contributed by atoms with Gasteiger partial charge in [0.2, 0.25) is 5.95 Å². The number of nitrogen functional groups attached to an aromatic ring is 1. The number of hydrogen-bond acceptors (Lipinski definition) is 5. The quantitative estimate of drug-likeness (QED) is 0.591. The molecule has 0 fully saturated rings. The molecule has 0 saturated carbocycles. The Labute approximate surface area is 124 Å². The fourth-order valence-corrected chi connectivity index (χ4v) is 2.36. The van der Waals surface area contributed by atoms with Gasteiger partial charge in [0.15, 0.2) is 0 Å². The van der Waals surface area contributed by atoms with Gasteiger partial charge in [-0.1, -0.05) is 15.9 Å². The van der Waals surface area contributed by atoms with Gasteiger partial charge < -0.3 is 5.32 Å². The Bertz CT molecular complexity index is 639. The topological polar surface area (TPSA) is 92.9 Å². The van der Waals surface area contributed by atoms with Crippen LogP contribution in [0.1, 0.15) is 21.7 Å². The highest BCUT2D eigenvalue weighted by atomic mass is 79.9. The normalized spacial score (nSPS) is 10.2. The predicted octanol–water partition coefficient (Wildman–Crippen LogP) is 2.39. The van der Waals surface area contributed by atoms with Gasteiger partial charge in [0, 0.05) is 15.9 Å². The summed E-state index contributed by atoms with van der Waals surface area (Å²) in [6, 6.07) is 7.25. The number of anilines is 2. The molecule has 2 rings (SSSR count). The number of carbonyl (C=O) groups is 1. The molecule has 1 heterocycles. The van der Waals surface area contributed by atoms with Crippen molar-refractivity contribution >= 4 is 33.5 Å². The van der Waals surface area contributed by atoms with Crippen molar-refractivity contribution in [3.63, 3.8) is 0 Å². The summed E-state index contributed by atoms with van der Waals surface area (Å²) in [4.78, 5) is 20.2.